The average Bonchev–Trinajstić information content (AvgIpc) is 3.00. The SMILES string of the molecule is Cc1c(Cl)nc2ncnn2c1SCC1CCCC1. The van der Waals surface area contributed by atoms with Crippen LogP contribution in [0.4, 0.5) is 0 Å². The molecule has 6 heteroatoms. The molecule has 2 aromatic rings. The van der Waals surface area contributed by atoms with Crippen molar-refractivity contribution in [3.8, 4) is 0 Å². The van der Waals surface area contributed by atoms with Crippen LogP contribution in [0, 0.1) is 12.8 Å². The summed E-state index contributed by atoms with van der Waals surface area (Å²) in [5.41, 5.74) is 0.998. The molecule has 1 aliphatic carbocycles. The summed E-state index contributed by atoms with van der Waals surface area (Å²) in [7, 11) is 0. The first-order valence-electron chi connectivity index (χ1n) is 6.24. The molecule has 1 fully saturated rings. The van der Waals surface area contributed by atoms with E-state index in [4.69, 9.17) is 11.6 Å². The molecule has 1 saturated carbocycles. The van der Waals surface area contributed by atoms with E-state index < -0.39 is 0 Å². The molecule has 0 N–H and O–H groups in total. The monoisotopic (exact) mass is 282 g/mol. The van der Waals surface area contributed by atoms with Crippen LogP contribution in [-0.2, 0) is 0 Å². The van der Waals surface area contributed by atoms with Gasteiger partial charge in [-0.1, -0.05) is 24.4 Å². The molecule has 0 radical (unpaired) electrons. The van der Waals surface area contributed by atoms with Crippen molar-refractivity contribution >= 4 is 29.1 Å². The summed E-state index contributed by atoms with van der Waals surface area (Å²) in [6.07, 6.45) is 6.98. The quantitative estimate of drug-likeness (QED) is 0.639. The van der Waals surface area contributed by atoms with Crippen LogP contribution in [0.25, 0.3) is 5.78 Å². The first-order chi connectivity index (χ1) is 8.75. The molecule has 0 unspecified atom stereocenters. The van der Waals surface area contributed by atoms with Crippen molar-refractivity contribution in [1.29, 1.82) is 0 Å². The zero-order chi connectivity index (χ0) is 12.5. The molecule has 96 valence electrons. The lowest BCUT2D eigenvalue weighted by Gasteiger charge is -2.11. The van der Waals surface area contributed by atoms with E-state index in [9.17, 15) is 0 Å². The number of aromatic nitrogens is 4. The molecule has 3 rings (SSSR count). The van der Waals surface area contributed by atoms with Crippen LogP contribution in [0.1, 0.15) is 31.2 Å². The largest absolute Gasteiger partial charge is 0.254 e. The summed E-state index contributed by atoms with van der Waals surface area (Å²) in [4.78, 5) is 8.32. The Hall–Kier alpha value is -0.810. The van der Waals surface area contributed by atoms with Crippen molar-refractivity contribution in [2.75, 3.05) is 5.75 Å². The van der Waals surface area contributed by atoms with E-state index in [1.54, 1.807) is 4.52 Å². The predicted molar refractivity (Wildman–Crippen MR) is 73.2 cm³/mol. The van der Waals surface area contributed by atoms with Crippen molar-refractivity contribution in [2.45, 2.75) is 37.6 Å². The molecule has 0 bridgehead atoms. The van der Waals surface area contributed by atoms with Gasteiger partial charge in [0.2, 0.25) is 0 Å². The lowest BCUT2D eigenvalue weighted by atomic mass is 10.1. The van der Waals surface area contributed by atoms with Gasteiger partial charge in [0.05, 0.1) is 0 Å². The minimum Gasteiger partial charge on any atom is -0.199 e. The minimum absolute atomic E-state index is 0.532. The lowest BCUT2D eigenvalue weighted by Crippen LogP contribution is -2.03. The normalized spacial score (nSPS) is 16.8. The number of rotatable bonds is 3. The minimum atomic E-state index is 0.532. The third kappa shape index (κ3) is 2.21. The highest BCUT2D eigenvalue weighted by Crippen LogP contribution is 2.33. The van der Waals surface area contributed by atoms with Crippen LogP contribution >= 0.6 is 23.4 Å². The first-order valence-corrected chi connectivity index (χ1v) is 7.60. The summed E-state index contributed by atoms with van der Waals surface area (Å²) in [5.74, 6) is 2.55. The molecule has 0 spiro atoms. The van der Waals surface area contributed by atoms with Gasteiger partial charge < -0.3 is 0 Å². The summed E-state index contributed by atoms with van der Waals surface area (Å²) in [6, 6.07) is 0. The van der Waals surface area contributed by atoms with Gasteiger partial charge in [-0.15, -0.1) is 11.8 Å². The van der Waals surface area contributed by atoms with E-state index in [0.717, 1.165) is 22.3 Å². The third-order valence-electron chi connectivity index (χ3n) is 3.48. The van der Waals surface area contributed by atoms with Crippen molar-refractivity contribution < 1.29 is 0 Å². The van der Waals surface area contributed by atoms with Gasteiger partial charge in [0.1, 0.15) is 16.5 Å². The van der Waals surface area contributed by atoms with Crippen LogP contribution in [0.5, 0.6) is 0 Å². The van der Waals surface area contributed by atoms with Gasteiger partial charge in [-0.05, 0) is 25.7 Å². The Labute approximate surface area is 115 Å². The zero-order valence-electron chi connectivity index (χ0n) is 10.3. The fourth-order valence-electron chi connectivity index (χ4n) is 2.42. The maximum absolute atomic E-state index is 6.14. The molecular weight excluding hydrogens is 268 g/mol. The topological polar surface area (TPSA) is 43.1 Å². The van der Waals surface area contributed by atoms with Crippen molar-refractivity contribution in [2.24, 2.45) is 5.92 Å². The molecule has 0 aliphatic heterocycles. The Morgan fingerprint density at radius 3 is 3.00 bits per heavy atom. The summed E-state index contributed by atoms with van der Waals surface area (Å²) in [6.45, 7) is 1.99. The summed E-state index contributed by atoms with van der Waals surface area (Å²) in [5, 5.41) is 5.84. The van der Waals surface area contributed by atoms with E-state index in [0.29, 0.717) is 10.9 Å². The van der Waals surface area contributed by atoms with Crippen LogP contribution in [0.3, 0.4) is 0 Å². The highest BCUT2D eigenvalue weighted by Gasteiger charge is 2.18. The average molecular weight is 283 g/mol. The van der Waals surface area contributed by atoms with Gasteiger partial charge >= 0.3 is 0 Å². The number of hydrogen-bond acceptors (Lipinski definition) is 4. The summed E-state index contributed by atoms with van der Waals surface area (Å²) >= 11 is 7.97. The van der Waals surface area contributed by atoms with Crippen LogP contribution < -0.4 is 0 Å². The van der Waals surface area contributed by atoms with E-state index >= 15 is 0 Å². The number of thioether (sulfide) groups is 1. The van der Waals surface area contributed by atoms with E-state index in [1.165, 1.54) is 32.0 Å². The molecule has 0 saturated heterocycles. The molecule has 4 nitrogen and oxygen atoms in total. The predicted octanol–water partition coefficient (Wildman–Crippen LogP) is 3.37. The second-order valence-electron chi connectivity index (χ2n) is 4.77. The zero-order valence-corrected chi connectivity index (χ0v) is 11.8. The van der Waals surface area contributed by atoms with Crippen LogP contribution in [0.2, 0.25) is 5.15 Å². The Morgan fingerprint density at radius 1 is 1.44 bits per heavy atom. The molecule has 2 aromatic heterocycles. The molecule has 0 amide bonds. The number of halogens is 1. The number of hydrogen-bond donors (Lipinski definition) is 0. The van der Waals surface area contributed by atoms with Gasteiger partial charge in [0, 0.05) is 11.3 Å². The Morgan fingerprint density at radius 2 is 2.22 bits per heavy atom. The Kier molecular flexibility index (Phi) is 3.43. The smallest absolute Gasteiger partial charge is 0.199 e. The fraction of sp³-hybridized carbons (Fsp3) is 0.583. The fourth-order valence-corrected chi connectivity index (χ4v) is 3.93. The van der Waals surface area contributed by atoms with Gasteiger partial charge in [-0.2, -0.15) is 19.6 Å². The second kappa shape index (κ2) is 5.05. The molecule has 2 heterocycles. The van der Waals surface area contributed by atoms with Crippen LogP contribution in [-0.4, -0.2) is 25.3 Å². The highest BCUT2D eigenvalue weighted by molar-refractivity contribution is 7.99. The Balaban J connectivity index is 1.89. The Bertz CT molecular complexity index is 562. The van der Waals surface area contributed by atoms with Crippen molar-refractivity contribution in [3.63, 3.8) is 0 Å². The van der Waals surface area contributed by atoms with Gasteiger partial charge in [-0.3, -0.25) is 0 Å². The third-order valence-corrected chi connectivity index (χ3v) is 5.24. The van der Waals surface area contributed by atoms with Gasteiger partial charge in [-0.25, -0.2) is 0 Å². The van der Waals surface area contributed by atoms with E-state index in [1.807, 2.05) is 18.7 Å². The van der Waals surface area contributed by atoms with Crippen LogP contribution in [0.15, 0.2) is 11.4 Å². The molecule has 18 heavy (non-hydrogen) atoms. The number of fused-ring (bicyclic) bond motifs is 1. The standard InChI is InChI=1S/C12H15ClN4S/c1-8-10(13)16-12-14-7-15-17(12)11(8)18-6-9-4-2-3-5-9/h7,9H,2-6H2,1H3. The summed E-state index contributed by atoms with van der Waals surface area (Å²) < 4.78 is 1.79. The highest BCUT2D eigenvalue weighted by atomic mass is 35.5. The van der Waals surface area contributed by atoms with E-state index in [-0.39, 0.29) is 0 Å². The van der Waals surface area contributed by atoms with Crippen molar-refractivity contribution in [3.05, 3.63) is 17.0 Å². The lowest BCUT2D eigenvalue weighted by molar-refractivity contribution is 0.622. The second-order valence-corrected chi connectivity index (χ2v) is 6.13. The molecule has 0 atom stereocenters. The first kappa shape index (κ1) is 12.2. The maximum Gasteiger partial charge on any atom is 0.254 e. The molecule has 1 aliphatic rings. The maximum atomic E-state index is 6.14. The van der Waals surface area contributed by atoms with Gasteiger partial charge in [0.25, 0.3) is 5.78 Å². The number of nitrogens with zero attached hydrogens (tertiary/aromatic N) is 4. The van der Waals surface area contributed by atoms with Gasteiger partial charge in [0.15, 0.2) is 0 Å². The molecule has 0 aromatic carbocycles. The van der Waals surface area contributed by atoms with Crippen molar-refractivity contribution in [1.82, 2.24) is 19.6 Å². The van der Waals surface area contributed by atoms with E-state index in [2.05, 4.69) is 15.1 Å². The molecular formula is C12H15ClN4S.